The minimum absolute atomic E-state index is 0.380. The molecule has 3 heterocycles. The van der Waals surface area contributed by atoms with Crippen molar-refractivity contribution in [2.75, 3.05) is 25.0 Å². The molecule has 2 fully saturated rings. The molecule has 2 aromatic rings. The van der Waals surface area contributed by atoms with Gasteiger partial charge in [-0.05, 0) is 43.4 Å². The zero-order valence-corrected chi connectivity index (χ0v) is 14.6. The number of nitrogens with zero attached hydrogens (tertiary/aromatic N) is 5. The van der Waals surface area contributed by atoms with Crippen molar-refractivity contribution in [3.05, 3.63) is 48.3 Å². The highest BCUT2D eigenvalue weighted by Gasteiger charge is 2.42. The molecule has 1 aliphatic heterocycles. The Morgan fingerprint density at radius 2 is 2.04 bits per heavy atom. The molecule has 6 heteroatoms. The summed E-state index contributed by atoms with van der Waals surface area (Å²) in [4.78, 5) is 17.3. The molecule has 0 N–H and O–H groups in total. The number of aromatic nitrogens is 3. The second-order valence-corrected chi connectivity index (χ2v) is 7.30. The number of fused-ring (bicyclic) bond motifs is 1. The first-order chi connectivity index (χ1) is 12.2. The molecule has 4 rings (SSSR count). The summed E-state index contributed by atoms with van der Waals surface area (Å²) in [7, 11) is 2.22. The molecule has 3 atom stereocenters. The fraction of sp³-hybridized carbons (Fsp3) is 0.526. The van der Waals surface area contributed by atoms with Gasteiger partial charge in [0.2, 0.25) is 5.95 Å². The molecule has 0 unspecified atom stereocenters. The van der Waals surface area contributed by atoms with Gasteiger partial charge in [-0.2, -0.15) is 0 Å². The fourth-order valence-corrected chi connectivity index (χ4v) is 4.52. The van der Waals surface area contributed by atoms with E-state index in [0.29, 0.717) is 23.8 Å². The van der Waals surface area contributed by atoms with E-state index in [-0.39, 0.29) is 5.82 Å². The summed E-state index contributed by atoms with van der Waals surface area (Å²) in [5.74, 6) is 1.56. The quantitative estimate of drug-likeness (QED) is 0.856. The second-order valence-electron chi connectivity index (χ2n) is 7.30. The number of hydrogen-bond donors (Lipinski definition) is 0. The van der Waals surface area contributed by atoms with Crippen molar-refractivity contribution >= 4 is 5.95 Å². The van der Waals surface area contributed by atoms with Gasteiger partial charge in [0.25, 0.3) is 0 Å². The number of rotatable bonds is 4. The van der Waals surface area contributed by atoms with Gasteiger partial charge < -0.3 is 4.90 Å². The molecular weight excluding hydrogens is 317 g/mol. The topological polar surface area (TPSA) is 45.2 Å². The Morgan fingerprint density at radius 1 is 1.20 bits per heavy atom. The van der Waals surface area contributed by atoms with Crippen LogP contribution in [0.1, 0.15) is 24.8 Å². The average molecular weight is 341 g/mol. The average Bonchev–Trinajstić information content (AvgIpc) is 3.07. The zero-order chi connectivity index (χ0) is 17.2. The first kappa shape index (κ1) is 16.4. The predicted molar refractivity (Wildman–Crippen MR) is 94.5 cm³/mol. The molecule has 2 aliphatic rings. The maximum Gasteiger partial charge on any atom is 0.225 e. The van der Waals surface area contributed by atoms with Gasteiger partial charge in [0.15, 0.2) is 5.82 Å². The Balaban J connectivity index is 1.46. The molecule has 0 amide bonds. The van der Waals surface area contributed by atoms with Crippen LogP contribution in [-0.4, -0.2) is 46.0 Å². The van der Waals surface area contributed by atoms with Gasteiger partial charge in [-0.3, -0.25) is 9.88 Å². The highest BCUT2D eigenvalue weighted by molar-refractivity contribution is 5.32. The van der Waals surface area contributed by atoms with E-state index in [1.165, 1.54) is 37.2 Å². The minimum atomic E-state index is -0.380. The molecule has 132 valence electrons. The zero-order valence-electron chi connectivity index (χ0n) is 14.6. The maximum absolute atomic E-state index is 13.1. The highest BCUT2D eigenvalue weighted by atomic mass is 19.1. The van der Waals surface area contributed by atoms with Crippen LogP contribution in [0.3, 0.4) is 0 Å². The predicted octanol–water partition coefficient (Wildman–Crippen LogP) is 2.75. The van der Waals surface area contributed by atoms with Crippen LogP contribution in [0.2, 0.25) is 0 Å². The van der Waals surface area contributed by atoms with Crippen molar-refractivity contribution < 1.29 is 4.39 Å². The van der Waals surface area contributed by atoms with E-state index >= 15 is 0 Å². The molecule has 5 nitrogen and oxygen atoms in total. The summed E-state index contributed by atoms with van der Waals surface area (Å²) >= 11 is 0. The lowest BCUT2D eigenvalue weighted by atomic mass is 9.77. The SMILES string of the molecule is CN(Cc1cccnc1)[C@H]1CCC[C@@H]2CN(c3ncc(F)cn3)C[C@@H]21. The third-order valence-electron chi connectivity index (χ3n) is 5.67. The van der Waals surface area contributed by atoms with Gasteiger partial charge in [0.05, 0.1) is 12.4 Å². The first-order valence-electron chi connectivity index (χ1n) is 9.02. The van der Waals surface area contributed by atoms with Crippen molar-refractivity contribution in [2.24, 2.45) is 11.8 Å². The van der Waals surface area contributed by atoms with E-state index in [4.69, 9.17) is 0 Å². The van der Waals surface area contributed by atoms with Crippen molar-refractivity contribution in [3.63, 3.8) is 0 Å². The molecule has 1 saturated carbocycles. The molecular formula is C19H24FN5. The van der Waals surface area contributed by atoms with Crippen molar-refractivity contribution in [1.29, 1.82) is 0 Å². The van der Waals surface area contributed by atoms with Crippen LogP contribution in [0.25, 0.3) is 0 Å². The highest BCUT2D eigenvalue weighted by Crippen LogP contribution is 2.39. The lowest BCUT2D eigenvalue weighted by molar-refractivity contribution is 0.106. The Labute approximate surface area is 147 Å². The molecule has 0 spiro atoms. The Morgan fingerprint density at radius 3 is 2.80 bits per heavy atom. The fourth-order valence-electron chi connectivity index (χ4n) is 4.52. The molecule has 1 aliphatic carbocycles. The molecule has 0 aromatic carbocycles. The summed E-state index contributed by atoms with van der Waals surface area (Å²) in [6.07, 6.45) is 10.0. The van der Waals surface area contributed by atoms with E-state index in [1.807, 2.05) is 18.5 Å². The number of pyridine rings is 1. The molecule has 25 heavy (non-hydrogen) atoms. The van der Waals surface area contributed by atoms with E-state index in [2.05, 4.69) is 37.9 Å². The maximum atomic E-state index is 13.1. The third kappa shape index (κ3) is 3.49. The molecule has 0 bridgehead atoms. The summed E-state index contributed by atoms with van der Waals surface area (Å²) in [6, 6.07) is 4.69. The van der Waals surface area contributed by atoms with Gasteiger partial charge in [0.1, 0.15) is 0 Å². The van der Waals surface area contributed by atoms with Crippen molar-refractivity contribution in [2.45, 2.75) is 31.8 Å². The second kappa shape index (κ2) is 7.04. The van der Waals surface area contributed by atoms with E-state index < -0.39 is 0 Å². The van der Waals surface area contributed by atoms with Crippen LogP contribution in [-0.2, 0) is 6.54 Å². The smallest absolute Gasteiger partial charge is 0.225 e. The van der Waals surface area contributed by atoms with Crippen LogP contribution in [0.5, 0.6) is 0 Å². The monoisotopic (exact) mass is 341 g/mol. The summed E-state index contributed by atoms with van der Waals surface area (Å²) in [5.41, 5.74) is 1.25. The third-order valence-corrected chi connectivity index (χ3v) is 5.67. The van der Waals surface area contributed by atoms with E-state index in [1.54, 1.807) is 0 Å². The summed E-state index contributed by atoms with van der Waals surface area (Å²) in [6.45, 7) is 2.86. The van der Waals surface area contributed by atoms with Gasteiger partial charge in [-0.25, -0.2) is 14.4 Å². The van der Waals surface area contributed by atoms with Gasteiger partial charge in [-0.1, -0.05) is 12.5 Å². The van der Waals surface area contributed by atoms with Crippen LogP contribution in [0.4, 0.5) is 10.3 Å². The Hall–Kier alpha value is -2.08. The summed E-state index contributed by atoms with van der Waals surface area (Å²) in [5, 5.41) is 0. The van der Waals surface area contributed by atoms with Gasteiger partial charge in [-0.15, -0.1) is 0 Å². The molecule has 2 aromatic heterocycles. The number of hydrogen-bond acceptors (Lipinski definition) is 5. The number of halogens is 1. The lowest BCUT2D eigenvalue weighted by Crippen LogP contribution is -2.43. The molecule has 0 radical (unpaired) electrons. The normalized spacial score (nSPS) is 26.0. The Kier molecular flexibility index (Phi) is 4.61. The largest absolute Gasteiger partial charge is 0.340 e. The Bertz CT molecular complexity index is 693. The van der Waals surface area contributed by atoms with E-state index in [0.717, 1.165) is 19.6 Å². The van der Waals surface area contributed by atoms with Gasteiger partial charge in [0, 0.05) is 38.1 Å². The van der Waals surface area contributed by atoms with Gasteiger partial charge >= 0.3 is 0 Å². The minimum Gasteiger partial charge on any atom is -0.340 e. The lowest BCUT2D eigenvalue weighted by Gasteiger charge is -2.39. The van der Waals surface area contributed by atoms with Crippen LogP contribution >= 0.6 is 0 Å². The van der Waals surface area contributed by atoms with Crippen molar-refractivity contribution in [3.8, 4) is 0 Å². The standard InChI is InChI=1S/C19H24FN5/c1-24(11-14-4-3-7-21-8-14)18-6-2-5-15-12-25(13-17(15)18)19-22-9-16(20)10-23-19/h3-4,7-10,15,17-18H,2,5-6,11-13H2,1H3/t15-,17+,18+/m1/s1. The summed E-state index contributed by atoms with van der Waals surface area (Å²) < 4.78 is 13.1. The van der Waals surface area contributed by atoms with Crippen LogP contribution in [0, 0.1) is 17.7 Å². The van der Waals surface area contributed by atoms with Crippen LogP contribution < -0.4 is 4.90 Å². The van der Waals surface area contributed by atoms with E-state index in [9.17, 15) is 4.39 Å². The molecule has 1 saturated heterocycles. The van der Waals surface area contributed by atoms with Crippen LogP contribution in [0.15, 0.2) is 36.9 Å². The van der Waals surface area contributed by atoms with Crippen molar-refractivity contribution in [1.82, 2.24) is 19.9 Å². The first-order valence-corrected chi connectivity index (χ1v) is 9.02. The number of anilines is 1.